The monoisotopic (exact) mass is 177 g/mol. The highest BCUT2D eigenvalue weighted by atomic mass is 16.1. The quantitative estimate of drug-likeness (QED) is 0.661. The van der Waals surface area contributed by atoms with E-state index in [0.29, 0.717) is 5.92 Å². The number of aromatic nitrogens is 1. The lowest BCUT2D eigenvalue weighted by atomic mass is 9.93. The summed E-state index contributed by atoms with van der Waals surface area (Å²) < 4.78 is 0. The number of nitrogens with zero attached hydrogens (tertiary/aromatic N) is 1. The van der Waals surface area contributed by atoms with Gasteiger partial charge in [0.15, 0.2) is 0 Å². The van der Waals surface area contributed by atoms with Gasteiger partial charge in [-0.15, -0.1) is 0 Å². The van der Waals surface area contributed by atoms with E-state index in [2.05, 4.69) is 18.8 Å². The van der Waals surface area contributed by atoms with Crippen LogP contribution in [0.5, 0.6) is 0 Å². The molecule has 0 spiro atoms. The van der Waals surface area contributed by atoms with Crippen LogP contribution in [0.2, 0.25) is 0 Å². The fourth-order valence-corrected chi connectivity index (χ4v) is 1.37. The van der Waals surface area contributed by atoms with Gasteiger partial charge >= 0.3 is 0 Å². The summed E-state index contributed by atoms with van der Waals surface area (Å²) in [5.74, 6) is 0.545. The molecule has 0 amide bonds. The Morgan fingerprint density at radius 1 is 1.54 bits per heavy atom. The number of aldehydes is 1. The summed E-state index contributed by atoms with van der Waals surface area (Å²) in [5.41, 5.74) is 1.02. The first-order valence-corrected chi connectivity index (χ1v) is 4.59. The van der Waals surface area contributed by atoms with Crippen LogP contribution in [0.1, 0.15) is 31.7 Å². The Labute approximate surface area is 79.0 Å². The number of carbonyl (C=O) groups is 1. The molecule has 0 bridgehead atoms. The third-order valence-electron chi connectivity index (χ3n) is 2.00. The third-order valence-corrected chi connectivity index (χ3v) is 2.00. The molecular formula is C11H15NO. The van der Waals surface area contributed by atoms with Crippen molar-refractivity contribution in [1.29, 1.82) is 0 Å². The van der Waals surface area contributed by atoms with E-state index in [1.165, 1.54) is 0 Å². The van der Waals surface area contributed by atoms with Crippen LogP contribution in [0.3, 0.4) is 0 Å². The van der Waals surface area contributed by atoms with Crippen molar-refractivity contribution < 1.29 is 4.79 Å². The van der Waals surface area contributed by atoms with Crippen LogP contribution in [0.15, 0.2) is 24.5 Å². The van der Waals surface area contributed by atoms with E-state index in [9.17, 15) is 4.79 Å². The molecule has 2 nitrogen and oxygen atoms in total. The highest BCUT2D eigenvalue weighted by Crippen LogP contribution is 2.20. The van der Waals surface area contributed by atoms with Crippen LogP contribution < -0.4 is 0 Å². The van der Waals surface area contributed by atoms with E-state index >= 15 is 0 Å². The summed E-state index contributed by atoms with van der Waals surface area (Å²) in [7, 11) is 0. The summed E-state index contributed by atoms with van der Waals surface area (Å²) in [4.78, 5) is 14.8. The zero-order chi connectivity index (χ0) is 9.68. The van der Waals surface area contributed by atoms with E-state index in [1.807, 2.05) is 12.1 Å². The molecule has 70 valence electrons. The van der Waals surface area contributed by atoms with Gasteiger partial charge in [0.1, 0.15) is 6.29 Å². The molecule has 13 heavy (non-hydrogen) atoms. The summed E-state index contributed by atoms with van der Waals surface area (Å²) in [6.45, 7) is 4.24. The largest absolute Gasteiger partial charge is 0.303 e. The Balaban J connectivity index is 2.73. The van der Waals surface area contributed by atoms with Crippen molar-refractivity contribution in [3.05, 3.63) is 30.1 Å². The smallest absolute Gasteiger partial charge is 0.127 e. The van der Waals surface area contributed by atoms with Crippen LogP contribution in [-0.4, -0.2) is 11.3 Å². The van der Waals surface area contributed by atoms with Crippen molar-refractivity contribution in [3.8, 4) is 0 Å². The second kappa shape index (κ2) is 4.75. The molecule has 0 N–H and O–H groups in total. The standard InChI is InChI=1S/C11H15NO/c1-9(2)6-11(8-13)10-4-3-5-12-7-10/h3-5,7-9,11H,6H2,1-2H3. The fourth-order valence-electron chi connectivity index (χ4n) is 1.37. The zero-order valence-corrected chi connectivity index (χ0v) is 8.10. The Hall–Kier alpha value is -1.18. The molecule has 0 radical (unpaired) electrons. The molecule has 1 rings (SSSR count). The molecule has 1 unspecified atom stereocenters. The van der Waals surface area contributed by atoms with Crippen LogP contribution in [-0.2, 0) is 4.79 Å². The van der Waals surface area contributed by atoms with Gasteiger partial charge in [-0.1, -0.05) is 19.9 Å². The number of rotatable bonds is 4. The molecule has 0 aliphatic carbocycles. The minimum atomic E-state index is 0.00806. The lowest BCUT2D eigenvalue weighted by Gasteiger charge is -2.11. The maximum Gasteiger partial charge on any atom is 0.127 e. The van der Waals surface area contributed by atoms with Gasteiger partial charge in [0.05, 0.1) is 0 Å². The summed E-state index contributed by atoms with van der Waals surface area (Å²) in [5, 5.41) is 0. The molecule has 0 aliphatic rings. The number of hydrogen-bond acceptors (Lipinski definition) is 2. The van der Waals surface area contributed by atoms with Crippen molar-refractivity contribution in [3.63, 3.8) is 0 Å². The average molecular weight is 177 g/mol. The molecule has 0 saturated carbocycles. The molecule has 2 heteroatoms. The number of pyridine rings is 1. The summed E-state index contributed by atoms with van der Waals surface area (Å²) in [6, 6.07) is 3.82. The molecule has 0 aliphatic heterocycles. The molecular weight excluding hydrogens is 162 g/mol. The van der Waals surface area contributed by atoms with Crippen LogP contribution in [0.25, 0.3) is 0 Å². The van der Waals surface area contributed by atoms with Crippen molar-refractivity contribution >= 4 is 6.29 Å². The minimum Gasteiger partial charge on any atom is -0.303 e. The van der Waals surface area contributed by atoms with Gasteiger partial charge in [-0.3, -0.25) is 4.98 Å². The maximum atomic E-state index is 10.8. The first kappa shape index (κ1) is 9.90. The Bertz CT molecular complexity index is 256. The topological polar surface area (TPSA) is 30.0 Å². The van der Waals surface area contributed by atoms with Crippen LogP contribution in [0, 0.1) is 5.92 Å². The van der Waals surface area contributed by atoms with Gasteiger partial charge in [0, 0.05) is 18.3 Å². The molecule has 0 fully saturated rings. The molecule has 0 saturated heterocycles. The Morgan fingerprint density at radius 2 is 2.31 bits per heavy atom. The van der Waals surface area contributed by atoms with Gasteiger partial charge in [-0.2, -0.15) is 0 Å². The van der Waals surface area contributed by atoms with E-state index < -0.39 is 0 Å². The van der Waals surface area contributed by atoms with Crippen molar-refractivity contribution in [2.45, 2.75) is 26.2 Å². The van der Waals surface area contributed by atoms with Crippen LogP contribution >= 0.6 is 0 Å². The van der Waals surface area contributed by atoms with Crippen molar-refractivity contribution in [2.24, 2.45) is 5.92 Å². The highest BCUT2D eigenvalue weighted by Gasteiger charge is 2.11. The Morgan fingerprint density at radius 3 is 2.77 bits per heavy atom. The first-order chi connectivity index (χ1) is 6.24. The summed E-state index contributed by atoms with van der Waals surface area (Å²) >= 11 is 0. The Kier molecular flexibility index (Phi) is 3.62. The predicted molar refractivity (Wildman–Crippen MR) is 52.5 cm³/mol. The molecule has 1 atom stereocenters. The number of carbonyl (C=O) groups excluding carboxylic acids is 1. The van der Waals surface area contributed by atoms with Crippen LogP contribution in [0.4, 0.5) is 0 Å². The minimum absolute atomic E-state index is 0.00806. The predicted octanol–water partition coefficient (Wildman–Crippen LogP) is 2.41. The van der Waals surface area contributed by atoms with Gasteiger partial charge in [0.25, 0.3) is 0 Å². The lowest BCUT2D eigenvalue weighted by Crippen LogP contribution is -2.04. The van der Waals surface area contributed by atoms with Gasteiger partial charge in [0.2, 0.25) is 0 Å². The lowest BCUT2D eigenvalue weighted by molar-refractivity contribution is -0.109. The molecule has 1 heterocycles. The number of hydrogen-bond donors (Lipinski definition) is 0. The second-order valence-electron chi connectivity index (χ2n) is 3.66. The molecule has 0 aromatic carbocycles. The third kappa shape index (κ3) is 2.98. The van der Waals surface area contributed by atoms with Gasteiger partial charge in [-0.25, -0.2) is 0 Å². The maximum absolute atomic E-state index is 10.8. The normalized spacial score (nSPS) is 12.8. The van der Waals surface area contributed by atoms with E-state index in [0.717, 1.165) is 18.3 Å². The van der Waals surface area contributed by atoms with Crippen molar-refractivity contribution in [2.75, 3.05) is 0 Å². The van der Waals surface area contributed by atoms with E-state index in [4.69, 9.17) is 0 Å². The highest BCUT2D eigenvalue weighted by molar-refractivity contribution is 5.61. The molecule has 1 aromatic heterocycles. The van der Waals surface area contributed by atoms with Gasteiger partial charge in [-0.05, 0) is 24.0 Å². The van der Waals surface area contributed by atoms with Crippen molar-refractivity contribution in [1.82, 2.24) is 4.98 Å². The average Bonchev–Trinajstić information content (AvgIpc) is 2.15. The zero-order valence-electron chi connectivity index (χ0n) is 8.10. The first-order valence-electron chi connectivity index (χ1n) is 4.59. The fraction of sp³-hybridized carbons (Fsp3) is 0.455. The van der Waals surface area contributed by atoms with E-state index in [-0.39, 0.29) is 5.92 Å². The molecule has 1 aromatic rings. The van der Waals surface area contributed by atoms with E-state index in [1.54, 1.807) is 12.4 Å². The van der Waals surface area contributed by atoms with Gasteiger partial charge < -0.3 is 4.79 Å². The SMILES string of the molecule is CC(C)CC(C=O)c1cccnc1. The summed E-state index contributed by atoms with van der Waals surface area (Å²) in [6.07, 6.45) is 5.40. The second-order valence-corrected chi connectivity index (χ2v) is 3.66.